The lowest BCUT2D eigenvalue weighted by Gasteiger charge is -2.21. The second-order valence-electron chi connectivity index (χ2n) is 7.70. The maximum Gasteiger partial charge on any atom is 0.422 e. The van der Waals surface area contributed by atoms with Crippen LogP contribution in [0, 0.1) is 11.6 Å². The maximum atomic E-state index is 14.0. The number of alkyl halides is 3. The van der Waals surface area contributed by atoms with E-state index in [0.29, 0.717) is 24.2 Å². The van der Waals surface area contributed by atoms with Gasteiger partial charge in [0, 0.05) is 18.6 Å². The Hall–Kier alpha value is -2.84. The molecule has 1 aliphatic carbocycles. The van der Waals surface area contributed by atoms with E-state index in [1.54, 1.807) is 13.0 Å². The fourth-order valence-electron chi connectivity index (χ4n) is 3.43. The molecule has 9 heteroatoms. The van der Waals surface area contributed by atoms with Crippen molar-refractivity contribution in [3.63, 3.8) is 0 Å². The molecule has 1 fully saturated rings. The SMILES string of the molecule is COc1cc(OCC(F)(F)F)cc(C2(NC(=O)CC(C)c3ccc(F)cc3F)CC2)c1. The molecule has 0 aliphatic heterocycles. The zero-order valence-corrected chi connectivity index (χ0v) is 17.0. The number of carbonyl (C=O) groups is 1. The van der Waals surface area contributed by atoms with Crippen LogP contribution in [0.1, 0.15) is 43.2 Å². The van der Waals surface area contributed by atoms with Crippen LogP contribution in [0.2, 0.25) is 0 Å². The van der Waals surface area contributed by atoms with Crippen LogP contribution < -0.4 is 14.8 Å². The Kier molecular flexibility index (Phi) is 6.43. The van der Waals surface area contributed by atoms with Gasteiger partial charge in [0.05, 0.1) is 12.6 Å². The van der Waals surface area contributed by atoms with Crippen molar-refractivity contribution in [1.82, 2.24) is 5.32 Å². The first-order valence-corrected chi connectivity index (χ1v) is 9.66. The molecule has 1 unspecified atom stereocenters. The first-order valence-electron chi connectivity index (χ1n) is 9.66. The maximum absolute atomic E-state index is 14.0. The molecule has 2 aromatic carbocycles. The average Bonchev–Trinajstić information content (AvgIpc) is 3.45. The van der Waals surface area contributed by atoms with Crippen LogP contribution in [-0.2, 0) is 10.3 Å². The van der Waals surface area contributed by atoms with Crippen molar-refractivity contribution in [1.29, 1.82) is 0 Å². The highest BCUT2D eigenvalue weighted by atomic mass is 19.4. The van der Waals surface area contributed by atoms with E-state index < -0.39 is 35.9 Å². The fourth-order valence-corrected chi connectivity index (χ4v) is 3.43. The topological polar surface area (TPSA) is 47.6 Å². The van der Waals surface area contributed by atoms with Crippen LogP contribution in [-0.4, -0.2) is 25.8 Å². The Morgan fingerprint density at radius 2 is 1.81 bits per heavy atom. The summed E-state index contributed by atoms with van der Waals surface area (Å²) in [4.78, 5) is 12.6. The van der Waals surface area contributed by atoms with Gasteiger partial charge in [-0.15, -0.1) is 0 Å². The molecule has 0 radical (unpaired) electrons. The van der Waals surface area contributed by atoms with Gasteiger partial charge >= 0.3 is 6.18 Å². The number of hydrogen-bond donors (Lipinski definition) is 1. The number of methoxy groups -OCH3 is 1. The van der Waals surface area contributed by atoms with E-state index >= 15 is 0 Å². The number of carbonyl (C=O) groups excluding carboxylic acids is 1. The van der Waals surface area contributed by atoms with Gasteiger partial charge in [-0.1, -0.05) is 13.0 Å². The van der Waals surface area contributed by atoms with E-state index in [1.807, 2.05) is 0 Å². The van der Waals surface area contributed by atoms with Crippen LogP contribution in [0.5, 0.6) is 11.5 Å². The Bertz CT molecular complexity index is 957. The number of hydrogen-bond acceptors (Lipinski definition) is 3. The molecule has 3 rings (SSSR count). The highest BCUT2D eigenvalue weighted by molar-refractivity contribution is 5.78. The molecule has 168 valence electrons. The normalized spacial score (nSPS) is 15.8. The third-order valence-corrected chi connectivity index (χ3v) is 5.18. The third-order valence-electron chi connectivity index (χ3n) is 5.18. The van der Waals surface area contributed by atoms with Crippen molar-refractivity contribution in [2.75, 3.05) is 13.7 Å². The van der Waals surface area contributed by atoms with Gasteiger partial charge in [0.25, 0.3) is 0 Å². The van der Waals surface area contributed by atoms with Crippen LogP contribution in [0.3, 0.4) is 0 Å². The van der Waals surface area contributed by atoms with Crippen molar-refractivity contribution in [2.24, 2.45) is 0 Å². The van der Waals surface area contributed by atoms with Crippen LogP contribution in [0.15, 0.2) is 36.4 Å². The largest absolute Gasteiger partial charge is 0.497 e. The Balaban J connectivity index is 1.72. The van der Waals surface area contributed by atoms with Crippen molar-refractivity contribution in [3.8, 4) is 11.5 Å². The molecule has 31 heavy (non-hydrogen) atoms. The molecule has 0 spiro atoms. The molecule has 1 saturated carbocycles. The number of ether oxygens (including phenoxy) is 2. The Labute approximate surface area is 176 Å². The zero-order chi connectivity index (χ0) is 22.8. The minimum absolute atomic E-state index is 0.0195. The van der Waals surface area contributed by atoms with Crippen LogP contribution in [0.4, 0.5) is 22.0 Å². The van der Waals surface area contributed by atoms with Crippen molar-refractivity contribution in [2.45, 2.75) is 43.8 Å². The van der Waals surface area contributed by atoms with E-state index in [0.717, 1.165) is 12.1 Å². The van der Waals surface area contributed by atoms with Crippen molar-refractivity contribution >= 4 is 5.91 Å². The molecule has 4 nitrogen and oxygen atoms in total. The summed E-state index contributed by atoms with van der Waals surface area (Å²) in [7, 11) is 1.38. The first-order chi connectivity index (χ1) is 14.5. The van der Waals surface area contributed by atoms with Gasteiger partial charge in [-0.2, -0.15) is 13.2 Å². The molecule has 1 aliphatic rings. The second kappa shape index (κ2) is 8.72. The highest BCUT2D eigenvalue weighted by Gasteiger charge is 2.46. The number of nitrogens with one attached hydrogen (secondary N) is 1. The van der Waals surface area contributed by atoms with Gasteiger partial charge in [0.2, 0.25) is 5.91 Å². The average molecular weight is 443 g/mol. The highest BCUT2D eigenvalue weighted by Crippen LogP contribution is 2.47. The molecular formula is C22H22F5NO3. The first kappa shape index (κ1) is 22.8. The molecule has 1 N–H and O–H groups in total. The predicted octanol–water partition coefficient (Wildman–Crippen LogP) is 5.21. The number of rotatable bonds is 8. The van der Waals surface area contributed by atoms with Crippen molar-refractivity contribution < 1.29 is 36.2 Å². The monoisotopic (exact) mass is 443 g/mol. The van der Waals surface area contributed by atoms with Crippen LogP contribution >= 0.6 is 0 Å². The van der Waals surface area contributed by atoms with E-state index in [4.69, 9.17) is 9.47 Å². The summed E-state index contributed by atoms with van der Waals surface area (Å²) >= 11 is 0. The van der Waals surface area contributed by atoms with Crippen molar-refractivity contribution in [3.05, 3.63) is 59.2 Å². The van der Waals surface area contributed by atoms with E-state index in [9.17, 15) is 26.7 Å². The Morgan fingerprint density at radius 1 is 1.13 bits per heavy atom. The summed E-state index contributed by atoms with van der Waals surface area (Å²) in [6.07, 6.45) is -3.35. The van der Waals surface area contributed by atoms with Gasteiger partial charge in [0.1, 0.15) is 23.1 Å². The van der Waals surface area contributed by atoms with Gasteiger partial charge in [-0.3, -0.25) is 4.79 Å². The van der Waals surface area contributed by atoms with Gasteiger partial charge in [-0.25, -0.2) is 8.78 Å². The predicted molar refractivity (Wildman–Crippen MR) is 103 cm³/mol. The molecule has 1 atom stereocenters. The Morgan fingerprint density at radius 3 is 2.39 bits per heavy atom. The second-order valence-corrected chi connectivity index (χ2v) is 7.70. The fraction of sp³-hybridized carbons (Fsp3) is 0.409. The molecule has 1 amide bonds. The minimum atomic E-state index is -4.49. The molecule has 0 heterocycles. The molecule has 2 aromatic rings. The van der Waals surface area contributed by atoms with Gasteiger partial charge < -0.3 is 14.8 Å². The molecule has 0 bridgehead atoms. The smallest absolute Gasteiger partial charge is 0.422 e. The summed E-state index contributed by atoms with van der Waals surface area (Å²) in [5.41, 5.74) is 0.0480. The number of halogens is 5. The van der Waals surface area contributed by atoms with Gasteiger partial charge in [-0.05, 0) is 48.1 Å². The minimum Gasteiger partial charge on any atom is -0.497 e. The van der Waals surface area contributed by atoms with Gasteiger partial charge in [0.15, 0.2) is 6.61 Å². The summed E-state index contributed by atoms with van der Waals surface area (Å²) in [6, 6.07) is 7.63. The summed E-state index contributed by atoms with van der Waals surface area (Å²) in [5.74, 6) is -1.98. The molecule has 0 aromatic heterocycles. The zero-order valence-electron chi connectivity index (χ0n) is 17.0. The standard InChI is InChI=1S/C22H22F5NO3/c1-13(18-4-3-15(23)10-19(18)24)7-20(29)28-21(5-6-21)14-8-16(30-2)11-17(9-14)31-12-22(25,26)27/h3-4,8-11,13H,5-7,12H2,1-2H3,(H,28,29). The lowest BCUT2D eigenvalue weighted by molar-refractivity contribution is -0.153. The lowest BCUT2D eigenvalue weighted by atomic mass is 9.96. The summed E-state index contributed by atoms with van der Waals surface area (Å²) in [6.45, 7) is 0.212. The van der Waals surface area contributed by atoms with E-state index in [-0.39, 0.29) is 23.6 Å². The number of amides is 1. The molecule has 0 saturated heterocycles. The summed E-state index contributed by atoms with van der Waals surface area (Å²) < 4.78 is 74.5. The summed E-state index contributed by atoms with van der Waals surface area (Å²) in [5, 5.41) is 2.90. The van der Waals surface area contributed by atoms with E-state index in [2.05, 4.69) is 5.32 Å². The van der Waals surface area contributed by atoms with Crippen LogP contribution in [0.25, 0.3) is 0 Å². The lowest BCUT2D eigenvalue weighted by Crippen LogP contribution is -2.35. The van der Waals surface area contributed by atoms with E-state index in [1.165, 1.54) is 25.3 Å². The molecular weight excluding hydrogens is 421 g/mol. The number of benzene rings is 2. The third kappa shape index (κ3) is 5.86. The quantitative estimate of drug-likeness (QED) is 0.570.